The van der Waals surface area contributed by atoms with Crippen molar-refractivity contribution in [3.05, 3.63) is 75.8 Å². The van der Waals surface area contributed by atoms with E-state index in [1.165, 1.54) is 22.2 Å². The largest absolute Gasteiger partial charge is 0.365 e. The van der Waals surface area contributed by atoms with E-state index in [-0.39, 0.29) is 11.5 Å². The topological polar surface area (TPSA) is 87.2 Å². The van der Waals surface area contributed by atoms with Gasteiger partial charge in [-0.15, -0.1) is 0 Å². The van der Waals surface area contributed by atoms with Crippen LogP contribution in [0, 0.1) is 25.2 Å². The van der Waals surface area contributed by atoms with Crippen LogP contribution in [-0.4, -0.2) is 17.1 Å². The molecule has 1 unspecified atom stereocenters. The molecule has 27 heavy (non-hydrogen) atoms. The number of thioether (sulfide) groups is 1. The summed E-state index contributed by atoms with van der Waals surface area (Å²) >= 11 is 1.22. The summed E-state index contributed by atoms with van der Waals surface area (Å²) in [6, 6.07) is 16.9. The predicted molar refractivity (Wildman–Crippen MR) is 107 cm³/mol. The van der Waals surface area contributed by atoms with E-state index >= 15 is 0 Å². The average Bonchev–Trinajstić information content (AvgIpc) is 2.95. The smallest absolute Gasteiger partial charge is 0.262 e. The molecule has 1 fully saturated rings. The van der Waals surface area contributed by atoms with Crippen molar-refractivity contribution in [1.29, 1.82) is 5.26 Å². The summed E-state index contributed by atoms with van der Waals surface area (Å²) in [7, 11) is 0. The lowest BCUT2D eigenvalue weighted by molar-refractivity contribution is -0.117. The number of nitriles is 1. The third kappa shape index (κ3) is 3.74. The second kappa shape index (κ2) is 7.68. The van der Waals surface area contributed by atoms with Crippen molar-refractivity contribution < 1.29 is 9.59 Å². The Morgan fingerprint density at radius 3 is 2.48 bits per heavy atom. The number of carbonyl (C=O) groups excluding carboxylic acids is 2. The lowest BCUT2D eigenvalue weighted by Crippen LogP contribution is -2.31. The fourth-order valence-corrected chi connectivity index (χ4v) is 4.27. The lowest BCUT2D eigenvalue weighted by Gasteiger charge is -2.18. The van der Waals surface area contributed by atoms with Crippen LogP contribution in [0.25, 0.3) is 0 Å². The molecule has 1 heterocycles. The highest BCUT2D eigenvalue weighted by Gasteiger charge is 2.40. The molecular formula is C21H19N3O2S. The molecule has 0 radical (unpaired) electrons. The third-order valence-corrected chi connectivity index (χ3v) is 5.79. The number of primary amides is 1. The number of nitrogens with two attached hydrogens (primary N) is 1. The number of anilines is 1. The van der Waals surface area contributed by atoms with Gasteiger partial charge >= 0.3 is 0 Å². The summed E-state index contributed by atoms with van der Waals surface area (Å²) in [5.41, 5.74) is 9.18. The molecule has 0 spiro atoms. The van der Waals surface area contributed by atoms with Gasteiger partial charge in [0.25, 0.3) is 5.91 Å². The van der Waals surface area contributed by atoms with E-state index in [0.29, 0.717) is 17.1 Å². The van der Waals surface area contributed by atoms with Crippen molar-refractivity contribution in [3.63, 3.8) is 0 Å². The van der Waals surface area contributed by atoms with Crippen LogP contribution in [0.5, 0.6) is 0 Å². The van der Waals surface area contributed by atoms with Gasteiger partial charge in [-0.25, -0.2) is 0 Å². The van der Waals surface area contributed by atoms with Gasteiger partial charge in [-0.05, 0) is 49.1 Å². The maximum Gasteiger partial charge on any atom is 0.262 e. The van der Waals surface area contributed by atoms with Crippen LogP contribution in [0.4, 0.5) is 5.69 Å². The number of nitrogens with zero attached hydrogens (tertiary/aromatic N) is 2. The molecule has 6 heteroatoms. The van der Waals surface area contributed by atoms with Crippen molar-refractivity contribution in [2.24, 2.45) is 5.73 Å². The summed E-state index contributed by atoms with van der Waals surface area (Å²) in [6.07, 6.45) is 0.509. The first-order valence-electron chi connectivity index (χ1n) is 8.48. The van der Waals surface area contributed by atoms with Crippen molar-refractivity contribution >= 4 is 29.3 Å². The summed E-state index contributed by atoms with van der Waals surface area (Å²) in [6.45, 7) is 4.07. The van der Waals surface area contributed by atoms with Crippen molar-refractivity contribution in [3.8, 4) is 6.07 Å². The highest BCUT2D eigenvalue weighted by Crippen LogP contribution is 2.41. The Labute approximate surface area is 162 Å². The maximum absolute atomic E-state index is 13.1. The number of carbonyl (C=O) groups is 2. The second-order valence-corrected chi connectivity index (χ2v) is 7.59. The minimum absolute atomic E-state index is 0.159. The van der Waals surface area contributed by atoms with Crippen molar-refractivity contribution in [2.45, 2.75) is 25.5 Å². The quantitative estimate of drug-likeness (QED) is 0.655. The number of aryl methyl sites for hydroxylation is 2. The molecule has 2 aromatic rings. The second-order valence-electron chi connectivity index (χ2n) is 6.39. The molecule has 0 bridgehead atoms. The highest BCUT2D eigenvalue weighted by atomic mass is 32.2. The van der Waals surface area contributed by atoms with E-state index in [0.717, 1.165) is 11.1 Å². The zero-order valence-electron chi connectivity index (χ0n) is 15.1. The highest BCUT2D eigenvalue weighted by molar-refractivity contribution is 8.05. The number of benzene rings is 2. The van der Waals surface area contributed by atoms with Crippen LogP contribution >= 0.6 is 11.8 Å². The zero-order chi connectivity index (χ0) is 19.6. The number of hydrogen-bond acceptors (Lipinski definition) is 4. The SMILES string of the molecule is Cc1ccc(CC2SC(=C(C#N)C(N)=O)N(c3ccccc3)C2=O)cc1C. The Kier molecular flexibility index (Phi) is 5.33. The minimum Gasteiger partial charge on any atom is -0.365 e. The summed E-state index contributed by atoms with van der Waals surface area (Å²) in [5, 5.41) is 9.27. The van der Waals surface area contributed by atoms with Crippen LogP contribution in [0.2, 0.25) is 0 Å². The Bertz CT molecular complexity index is 977. The third-order valence-electron chi connectivity index (χ3n) is 4.53. The molecule has 3 rings (SSSR count). The Balaban J connectivity index is 2.01. The maximum atomic E-state index is 13.1. The zero-order valence-corrected chi connectivity index (χ0v) is 15.9. The molecule has 2 aromatic carbocycles. The Morgan fingerprint density at radius 2 is 1.89 bits per heavy atom. The van der Waals surface area contributed by atoms with Crippen molar-refractivity contribution in [2.75, 3.05) is 4.90 Å². The van der Waals surface area contributed by atoms with E-state index < -0.39 is 11.2 Å². The molecule has 0 aromatic heterocycles. The van der Waals surface area contributed by atoms with Gasteiger partial charge < -0.3 is 5.73 Å². The van der Waals surface area contributed by atoms with Gasteiger partial charge in [-0.3, -0.25) is 14.5 Å². The van der Waals surface area contributed by atoms with Gasteiger partial charge in [0, 0.05) is 5.69 Å². The summed E-state index contributed by atoms with van der Waals surface area (Å²) in [5.74, 6) is -0.992. The molecule has 0 saturated carbocycles. The van der Waals surface area contributed by atoms with Crippen LogP contribution in [0.15, 0.2) is 59.1 Å². The van der Waals surface area contributed by atoms with Gasteiger partial charge in [-0.1, -0.05) is 48.2 Å². The van der Waals surface area contributed by atoms with Crippen LogP contribution < -0.4 is 10.6 Å². The normalized spacial score (nSPS) is 18.3. The molecule has 2 N–H and O–H groups in total. The van der Waals surface area contributed by atoms with Gasteiger partial charge in [-0.2, -0.15) is 5.26 Å². The van der Waals surface area contributed by atoms with Crippen molar-refractivity contribution in [1.82, 2.24) is 0 Å². The molecule has 2 amide bonds. The molecule has 1 aliphatic heterocycles. The van der Waals surface area contributed by atoms with E-state index in [9.17, 15) is 14.9 Å². The molecule has 1 atom stereocenters. The molecule has 1 aliphatic rings. The summed E-state index contributed by atoms with van der Waals surface area (Å²) < 4.78 is 0. The van der Waals surface area contributed by atoms with Gasteiger partial charge in [0.2, 0.25) is 5.91 Å². The van der Waals surface area contributed by atoms with Crippen LogP contribution in [-0.2, 0) is 16.0 Å². The van der Waals surface area contributed by atoms with Gasteiger partial charge in [0.15, 0.2) is 0 Å². The van der Waals surface area contributed by atoms with Gasteiger partial charge in [0.05, 0.1) is 5.25 Å². The standard InChI is InChI=1S/C21H19N3O2S/c1-13-8-9-15(10-14(13)2)11-18-20(26)24(16-6-4-3-5-7-16)21(27-18)17(12-22)19(23)25/h3-10,18H,11H2,1-2H3,(H2,23,25). The number of amides is 2. The summed E-state index contributed by atoms with van der Waals surface area (Å²) in [4.78, 5) is 26.3. The minimum atomic E-state index is -0.833. The predicted octanol–water partition coefficient (Wildman–Crippen LogP) is 3.22. The average molecular weight is 377 g/mol. The van der Waals surface area contributed by atoms with E-state index in [4.69, 9.17) is 5.73 Å². The van der Waals surface area contributed by atoms with Crippen LogP contribution in [0.1, 0.15) is 16.7 Å². The molecular weight excluding hydrogens is 358 g/mol. The van der Waals surface area contributed by atoms with E-state index in [2.05, 4.69) is 6.07 Å². The fourth-order valence-electron chi connectivity index (χ4n) is 2.96. The number of rotatable bonds is 4. The first-order valence-corrected chi connectivity index (χ1v) is 9.36. The first-order chi connectivity index (χ1) is 12.9. The van der Waals surface area contributed by atoms with Crippen LogP contribution in [0.3, 0.4) is 0 Å². The lowest BCUT2D eigenvalue weighted by atomic mass is 10.0. The van der Waals surface area contributed by atoms with Gasteiger partial charge in [0.1, 0.15) is 16.7 Å². The Morgan fingerprint density at radius 1 is 1.19 bits per heavy atom. The Hall–Kier alpha value is -3.04. The molecule has 136 valence electrons. The number of para-hydroxylation sites is 1. The monoisotopic (exact) mass is 377 g/mol. The first kappa shape index (κ1) is 18.7. The molecule has 0 aliphatic carbocycles. The van der Waals surface area contributed by atoms with E-state index in [1.54, 1.807) is 24.3 Å². The van der Waals surface area contributed by atoms with E-state index in [1.807, 2.05) is 38.1 Å². The molecule has 1 saturated heterocycles. The molecule has 5 nitrogen and oxygen atoms in total. The fraction of sp³-hybridized carbons (Fsp3) is 0.190. The number of hydrogen-bond donors (Lipinski definition) is 1.